The Morgan fingerprint density at radius 2 is 2.07 bits per heavy atom. The van der Waals surface area contributed by atoms with E-state index in [-0.39, 0.29) is 0 Å². The van der Waals surface area contributed by atoms with Gasteiger partial charge in [0.2, 0.25) is 0 Å². The van der Waals surface area contributed by atoms with Gasteiger partial charge in [-0.2, -0.15) is 5.10 Å². The highest BCUT2D eigenvalue weighted by Gasteiger charge is 1.99. The van der Waals surface area contributed by atoms with E-state index in [4.69, 9.17) is 5.73 Å². The van der Waals surface area contributed by atoms with Crippen molar-refractivity contribution in [1.82, 2.24) is 14.7 Å². The largest absolute Gasteiger partial charge is 0.402 e. The summed E-state index contributed by atoms with van der Waals surface area (Å²) in [7, 11) is 1.92. The molecule has 5 nitrogen and oxygen atoms in total. The molecule has 0 atom stereocenters. The van der Waals surface area contributed by atoms with Crippen molar-refractivity contribution >= 4 is 5.69 Å². The average Bonchev–Trinajstić information content (AvgIpc) is 3.18. The van der Waals surface area contributed by atoms with Gasteiger partial charge in [0.25, 0.3) is 0 Å². The van der Waals surface area contributed by atoms with E-state index in [1.807, 2.05) is 60.4 Å². The van der Waals surface area contributed by atoms with E-state index in [1.54, 1.807) is 0 Å². The highest BCUT2D eigenvalue weighted by Crippen LogP contribution is 2.12. The number of rotatable bonds is 10. The maximum atomic E-state index is 5.82. The number of hydrogen-bond acceptors (Lipinski definition) is 4. The number of aryl methyl sites for hydroxylation is 1. The molecule has 0 saturated heterocycles. The van der Waals surface area contributed by atoms with Gasteiger partial charge in [0.1, 0.15) is 5.70 Å². The van der Waals surface area contributed by atoms with E-state index in [0.717, 1.165) is 47.6 Å². The second kappa shape index (κ2) is 13.7. The van der Waals surface area contributed by atoms with Crippen molar-refractivity contribution in [2.45, 2.75) is 47.1 Å². The molecule has 0 unspecified atom stereocenters. The fourth-order valence-electron chi connectivity index (χ4n) is 2.57. The Labute approximate surface area is 182 Å². The first-order valence-electron chi connectivity index (χ1n) is 10.2. The van der Waals surface area contributed by atoms with Crippen molar-refractivity contribution < 1.29 is 0 Å². The van der Waals surface area contributed by atoms with Crippen LogP contribution in [0, 0.1) is 11.8 Å². The molecule has 30 heavy (non-hydrogen) atoms. The molecule has 1 aromatic heterocycles. The topological polar surface area (TPSA) is 59.1 Å². The molecule has 0 amide bonds. The molecule has 0 spiro atoms. The van der Waals surface area contributed by atoms with Gasteiger partial charge in [0.05, 0.1) is 11.9 Å². The van der Waals surface area contributed by atoms with Crippen LogP contribution in [0.2, 0.25) is 0 Å². The van der Waals surface area contributed by atoms with Crippen LogP contribution in [0.15, 0.2) is 84.3 Å². The summed E-state index contributed by atoms with van der Waals surface area (Å²) >= 11 is 0. The van der Waals surface area contributed by atoms with E-state index < -0.39 is 0 Å². The number of anilines is 1. The Morgan fingerprint density at radius 3 is 2.67 bits per heavy atom. The molecular formula is C25H35N5. The number of aromatic nitrogens is 2. The molecule has 3 N–H and O–H groups in total. The van der Waals surface area contributed by atoms with Gasteiger partial charge >= 0.3 is 0 Å². The van der Waals surface area contributed by atoms with Gasteiger partial charge in [-0.25, -0.2) is 0 Å². The summed E-state index contributed by atoms with van der Waals surface area (Å²) in [6, 6.07) is 0. The zero-order valence-corrected chi connectivity index (χ0v) is 18.9. The van der Waals surface area contributed by atoms with Crippen molar-refractivity contribution in [3.05, 3.63) is 84.3 Å². The summed E-state index contributed by atoms with van der Waals surface area (Å²) in [4.78, 5) is 1.90. The minimum atomic E-state index is 0.725. The van der Waals surface area contributed by atoms with Crippen LogP contribution in [-0.2, 0) is 6.54 Å². The van der Waals surface area contributed by atoms with Crippen LogP contribution < -0.4 is 11.1 Å². The molecule has 160 valence electrons. The van der Waals surface area contributed by atoms with Gasteiger partial charge in [0.15, 0.2) is 0 Å². The first-order valence-corrected chi connectivity index (χ1v) is 10.2. The second-order valence-electron chi connectivity index (χ2n) is 6.75. The minimum Gasteiger partial charge on any atom is -0.402 e. The normalized spacial score (nSPS) is 13.2. The average molecular weight is 406 g/mol. The summed E-state index contributed by atoms with van der Waals surface area (Å²) in [5.41, 5.74) is 10.7. The SMILES string of the molecule is C=CC/C=C(C#C/C(=C/N)N(C)/C=C\C=C(/C)Nc1cnn(CC)c1)\C(C)=C/CC. The predicted octanol–water partition coefficient (Wildman–Crippen LogP) is 5.33. The molecule has 0 bridgehead atoms. The van der Waals surface area contributed by atoms with Gasteiger partial charge in [-0.15, -0.1) is 6.58 Å². The molecule has 0 radical (unpaired) electrons. The van der Waals surface area contributed by atoms with Gasteiger partial charge in [-0.1, -0.05) is 31.1 Å². The van der Waals surface area contributed by atoms with Crippen LogP contribution in [0.4, 0.5) is 5.69 Å². The number of allylic oxidation sites excluding steroid dienone is 9. The summed E-state index contributed by atoms with van der Waals surface area (Å²) in [5, 5.41) is 7.57. The third-order valence-electron chi connectivity index (χ3n) is 4.24. The summed E-state index contributed by atoms with van der Waals surface area (Å²) in [6.45, 7) is 12.9. The van der Waals surface area contributed by atoms with Gasteiger partial charge in [-0.3, -0.25) is 4.68 Å². The number of nitrogens with two attached hydrogens (primary N) is 1. The Kier molecular flexibility index (Phi) is 11.3. The van der Waals surface area contributed by atoms with Crippen molar-refractivity contribution in [1.29, 1.82) is 0 Å². The lowest BCUT2D eigenvalue weighted by Gasteiger charge is -2.12. The van der Waals surface area contributed by atoms with Crippen LogP contribution in [-0.4, -0.2) is 21.7 Å². The number of hydrogen-bond donors (Lipinski definition) is 2. The smallest absolute Gasteiger partial charge is 0.108 e. The Balaban J connectivity index is 2.84. The first-order chi connectivity index (χ1) is 14.4. The van der Waals surface area contributed by atoms with Crippen molar-refractivity contribution in [3.63, 3.8) is 0 Å². The first kappa shape index (κ1) is 24.6. The number of nitrogens with one attached hydrogen (secondary N) is 1. The van der Waals surface area contributed by atoms with Crippen LogP contribution in [0.5, 0.6) is 0 Å². The highest BCUT2D eigenvalue weighted by molar-refractivity contribution is 5.48. The van der Waals surface area contributed by atoms with Crippen molar-refractivity contribution in [3.8, 4) is 11.8 Å². The molecule has 0 aliphatic rings. The molecule has 1 aromatic rings. The Morgan fingerprint density at radius 1 is 1.30 bits per heavy atom. The van der Waals surface area contributed by atoms with Crippen LogP contribution >= 0.6 is 0 Å². The molecular weight excluding hydrogens is 370 g/mol. The van der Waals surface area contributed by atoms with Crippen LogP contribution in [0.25, 0.3) is 0 Å². The summed E-state index contributed by atoms with van der Waals surface area (Å²) in [6.07, 6.45) is 19.1. The van der Waals surface area contributed by atoms with Crippen LogP contribution in [0.3, 0.4) is 0 Å². The van der Waals surface area contributed by atoms with Gasteiger partial charge < -0.3 is 16.0 Å². The predicted molar refractivity (Wildman–Crippen MR) is 129 cm³/mol. The zero-order chi connectivity index (χ0) is 22.4. The molecule has 0 fully saturated rings. The van der Waals surface area contributed by atoms with Crippen molar-refractivity contribution in [2.24, 2.45) is 5.73 Å². The highest BCUT2D eigenvalue weighted by atomic mass is 15.3. The molecule has 1 rings (SSSR count). The quantitative estimate of drug-likeness (QED) is 0.314. The third-order valence-corrected chi connectivity index (χ3v) is 4.24. The molecule has 0 aromatic carbocycles. The standard InChI is InChI=1S/C25H35N5/c1-7-10-14-23(21(4)12-8-2)15-16-25(18-26)29(6)17-11-13-22(5)28-24-19-27-30(9-3)20-24/h7,11-14,17-20,28H,1,8-10,26H2,2-6H3/b17-11-,21-12-,22-13+,23-14-,25-18-. The maximum Gasteiger partial charge on any atom is 0.108 e. The van der Waals surface area contributed by atoms with E-state index >= 15 is 0 Å². The van der Waals surface area contributed by atoms with E-state index in [9.17, 15) is 0 Å². The monoisotopic (exact) mass is 405 g/mol. The zero-order valence-electron chi connectivity index (χ0n) is 18.9. The Bertz CT molecular complexity index is 897. The summed E-state index contributed by atoms with van der Waals surface area (Å²) < 4.78 is 1.88. The molecule has 5 heteroatoms. The van der Waals surface area contributed by atoms with Crippen LogP contribution in [0.1, 0.15) is 40.5 Å². The van der Waals surface area contributed by atoms with E-state index in [0.29, 0.717) is 0 Å². The molecule has 0 saturated carbocycles. The molecule has 0 aliphatic carbocycles. The minimum absolute atomic E-state index is 0.725. The second-order valence-corrected chi connectivity index (χ2v) is 6.75. The van der Waals surface area contributed by atoms with Gasteiger partial charge in [-0.05, 0) is 57.3 Å². The van der Waals surface area contributed by atoms with Gasteiger partial charge in [0, 0.05) is 43.5 Å². The third kappa shape index (κ3) is 8.74. The fraction of sp³-hybridized carbons (Fsp3) is 0.320. The lowest BCUT2D eigenvalue weighted by molar-refractivity contribution is 0.592. The molecule has 1 heterocycles. The van der Waals surface area contributed by atoms with E-state index in [2.05, 4.69) is 61.8 Å². The Hall–Kier alpha value is -3.39. The molecule has 0 aliphatic heterocycles. The van der Waals surface area contributed by atoms with E-state index in [1.165, 1.54) is 6.20 Å². The maximum absolute atomic E-state index is 5.82. The number of nitrogens with zero attached hydrogens (tertiary/aromatic N) is 3. The summed E-state index contributed by atoms with van der Waals surface area (Å²) in [5.74, 6) is 6.42. The lowest BCUT2D eigenvalue weighted by atomic mass is 10.1. The van der Waals surface area contributed by atoms with Crippen molar-refractivity contribution in [2.75, 3.05) is 12.4 Å². The lowest BCUT2D eigenvalue weighted by Crippen LogP contribution is -2.10. The fourth-order valence-corrected chi connectivity index (χ4v) is 2.57.